The summed E-state index contributed by atoms with van der Waals surface area (Å²) in [7, 11) is -4.49. The number of aliphatic hydroxyl groups excluding tert-OH is 1. The molecule has 5 nitrogen and oxygen atoms in total. The molecule has 0 saturated carbocycles. The van der Waals surface area contributed by atoms with Crippen molar-refractivity contribution in [1.29, 1.82) is 0 Å². The zero-order chi connectivity index (χ0) is 28.4. The summed E-state index contributed by atoms with van der Waals surface area (Å²) in [4.78, 5) is 0. The van der Waals surface area contributed by atoms with Crippen molar-refractivity contribution in [2.24, 2.45) is 0 Å². The average molecular weight is 587 g/mol. The fraction of sp³-hybridized carbons (Fsp3) is 1.00. The van der Waals surface area contributed by atoms with Gasteiger partial charge in [0.15, 0.2) is 0 Å². The molecule has 39 heavy (non-hydrogen) atoms. The summed E-state index contributed by atoms with van der Waals surface area (Å²) >= 11 is 0. The van der Waals surface area contributed by atoms with Crippen molar-refractivity contribution in [1.82, 2.24) is 0 Å². The van der Waals surface area contributed by atoms with Crippen LogP contribution < -0.4 is 29.6 Å². The van der Waals surface area contributed by atoms with Gasteiger partial charge in [0.05, 0.1) is 6.61 Å². The molecule has 0 aromatic rings. The van der Waals surface area contributed by atoms with Crippen LogP contribution in [0.5, 0.6) is 0 Å². The van der Waals surface area contributed by atoms with Gasteiger partial charge in [-0.1, -0.05) is 181 Å². The summed E-state index contributed by atoms with van der Waals surface area (Å²) < 4.78 is 34.7. The molecule has 0 radical (unpaired) electrons. The molecule has 0 spiro atoms. The quantitative estimate of drug-likeness (QED) is 0.0410. The monoisotopic (exact) mass is 586 g/mol. The van der Waals surface area contributed by atoms with Gasteiger partial charge in [-0.05, 0) is 12.8 Å². The molecule has 232 valence electrons. The first-order valence-electron chi connectivity index (χ1n) is 16.7. The first-order chi connectivity index (χ1) is 18.5. The van der Waals surface area contributed by atoms with Crippen molar-refractivity contribution in [3.8, 4) is 0 Å². The Balaban J connectivity index is -0.000000662. The predicted octanol–water partition coefficient (Wildman–Crippen LogP) is 7.41. The van der Waals surface area contributed by atoms with Crippen LogP contribution in [0.2, 0.25) is 0 Å². The van der Waals surface area contributed by atoms with Gasteiger partial charge in [-0.3, -0.25) is 4.18 Å². The van der Waals surface area contributed by atoms with E-state index in [1.165, 1.54) is 154 Å². The second-order valence-electron chi connectivity index (χ2n) is 11.1. The molecule has 0 saturated heterocycles. The van der Waals surface area contributed by atoms with Gasteiger partial charge in [0.2, 0.25) is 10.4 Å². The van der Waals surface area contributed by atoms with Gasteiger partial charge in [-0.2, -0.15) is 0 Å². The summed E-state index contributed by atoms with van der Waals surface area (Å²) in [6.45, 7) is 4.93. The molecular weight excluding hydrogens is 519 g/mol. The minimum atomic E-state index is -4.49. The van der Waals surface area contributed by atoms with E-state index in [9.17, 15) is 13.0 Å². The van der Waals surface area contributed by atoms with Crippen LogP contribution in [-0.4, -0.2) is 31.3 Å². The average Bonchev–Trinajstić information content (AvgIpc) is 2.89. The van der Waals surface area contributed by atoms with Gasteiger partial charge in [-0.25, -0.2) is 8.42 Å². The van der Waals surface area contributed by atoms with Gasteiger partial charge in [0.25, 0.3) is 0 Å². The van der Waals surface area contributed by atoms with E-state index < -0.39 is 10.4 Å². The number of hydrogen-bond acceptors (Lipinski definition) is 5. The van der Waals surface area contributed by atoms with Crippen molar-refractivity contribution in [2.45, 2.75) is 194 Å². The summed E-state index contributed by atoms with van der Waals surface area (Å²) in [5, 5.41) is 8.64. The van der Waals surface area contributed by atoms with E-state index in [0.29, 0.717) is 13.0 Å². The normalized spacial score (nSPS) is 11.2. The van der Waals surface area contributed by atoms with Crippen LogP contribution >= 0.6 is 0 Å². The van der Waals surface area contributed by atoms with Gasteiger partial charge in [-0.15, -0.1) is 0 Å². The minimum absolute atomic E-state index is 0. The standard InChI is InChI=1S/C16H34O4S.C16H34O.Na/c1-2-3-4-5-6-7-8-9-10-11-12-13-14-15-16-20-21(17,18)19;1-2-3-4-5-6-7-8-9-10-11-12-13-14-15-16-17;/h2-16H2,1H3,(H,17,18,19);17H,2-16H2,1H3;/q;;+1/p-1. The zero-order valence-corrected chi connectivity index (χ0v) is 29.5. The van der Waals surface area contributed by atoms with Crippen LogP contribution in [0.3, 0.4) is 0 Å². The maximum atomic E-state index is 10.2. The number of rotatable bonds is 30. The van der Waals surface area contributed by atoms with E-state index >= 15 is 0 Å². The topological polar surface area (TPSA) is 86.7 Å². The largest absolute Gasteiger partial charge is 1.00 e. The van der Waals surface area contributed by atoms with E-state index in [0.717, 1.165) is 19.3 Å². The van der Waals surface area contributed by atoms with Crippen molar-refractivity contribution >= 4 is 10.4 Å². The Morgan fingerprint density at radius 3 is 0.923 bits per heavy atom. The molecule has 7 heteroatoms. The molecule has 0 aromatic carbocycles. The molecule has 0 aromatic heterocycles. The van der Waals surface area contributed by atoms with Crippen LogP contribution in [0.4, 0.5) is 0 Å². The van der Waals surface area contributed by atoms with Crippen molar-refractivity contribution < 1.29 is 51.8 Å². The number of hydrogen-bond donors (Lipinski definition) is 1. The third-order valence-electron chi connectivity index (χ3n) is 7.24. The van der Waals surface area contributed by atoms with E-state index in [-0.39, 0.29) is 36.2 Å². The van der Waals surface area contributed by atoms with Crippen LogP contribution in [-0.2, 0) is 14.6 Å². The Bertz CT molecular complexity index is 503. The van der Waals surface area contributed by atoms with Crippen molar-refractivity contribution in [3.63, 3.8) is 0 Å². The maximum absolute atomic E-state index is 10.2. The summed E-state index contributed by atoms with van der Waals surface area (Å²) in [6, 6.07) is 0. The molecular formula is C32H67NaO5S. The van der Waals surface area contributed by atoms with Crippen molar-refractivity contribution in [2.75, 3.05) is 13.2 Å². The molecule has 0 aliphatic rings. The molecule has 0 bridgehead atoms. The van der Waals surface area contributed by atoms with Gasteiger partial charge in [0, 0.05) is 6.61 Å². The Hall–Kier alpha value is 0.830. The summed E-state index contributed by atoms with van der Waals surface area (Å²) in [5.41, 5.74) is 0. The molecule has 0 unspecified atom stereocenters. The van der Waals surface area contributed by atoms with E-state index in [1.807, 2.05) is 0 Å². The Morgan fingerprint density at radius 1 is 0.462 bits per heavy atom. The van der Waals surface area contributed by atoms with Crippen LogP contribution in [0.25, 0.3) is 0 Å². The predicted molar refractivity (Wildman–Crippen MR) is 163 cm³/mol. The van der Waals surface area contributed by atoms with E-state index in [4.69, 9.17) is 5.11 Å². The van der Waals surface area contributed by atoms with Gasteiger partial charge >= 0.3 is 29.6 Å². The van der Waals surface area contributed by atoms with Crippen LogP contribution in [0.15, 0.2) is 0 Å². The first-order valence-corrected chi connectivity index (χ1v) is 18.0. The van der Waals surface area contributed by atoms with Crippen LogP contribution in [0, 0.1) is 0 Å². The molecule has 1 N–H and O–H groups in total. The summed E-state index contributed by atoms with van der Waals surface area (Å²) in [5.74, 6) is 0. The van der Waals surface area contributed by atoms with E-state index in [2.05, 4.69) is 18.0 Å². The van der Waals surface area contributed by atoms with Crippen molar-refractivity contribution in [3.05, 3.63) is 0 Å². The Labute approximate surface area is 267 Å². The molecule has 0 aliphatic carbocycles. The molecule has 0 atom stereocenters. The fourth-order valence-corrected chi connectivity index (χ4v) is 5.09. The maximum Gasteiger partial charge on any atom is 1.00 e. The zero-order valence-electron chi connectivity index (χ0n) is 26.7. The SMILES string of the molecule is CCCCCCCCCCCCCCCCO.CCCCCCCCCCCCCCCCOS(=O)(=O)[O-].[Na+]. The minimum Gasteiger partial charge on any atom is -0.726 e. The molecule has 0 fully saturated rings. The number of aliphatic hydroxyl groups is 1. The van der Waals surface area contributed by atoms with Crippen LogP contribution in [0.1, 0.15) is 194 Å². The van der Waals surface area contributed by atoms with Gasteiger partial charge in [0.1, 0.15) is 0 Å². The third-order valence-corrected chi connectivity index (χ3v) is 7.69. The summed E-state index contributed by atoms with van der Waals surface area (Å²) in [6.07, 6.45) is 36.6. The van der Waals surface area contributed by atoms with E-state index in [1.54, 1.807) is 0 Å². The number of unbranched alkanes of at least 4 members (excludes halogenated alkanes) is 26. The third kappa shape index (κ3) is 48.9. The molecule has 0 amide bonds. The first kappa shape index (κ1) is 44.3. The molecule has 0 rings (SSSR count). The smallest absolute Gasteiger partial charge is 0.726 e. The second kappa shape index (κ2) is 38.8. The molecule has 0 heterocycles. The fourth-order valence-electron chi connectivity index (χ4n) is 4.76. The second-order valence-corrected chi connectivity index (χ2v) is 12.2. The Morgan fingerprint density at radius 2 is 0.692 bits per heavy atom. The molecule has 0 aliphatic heterocycles. The Kier molecular flexibility index (Phi) is 44.1. The van der Waals surface area contributed by atoms with Gasteiger partial charge < -0.3 is 9.66 Å².